The maximum absolute atomic E-state index is 12.0. The zero-order valence-corrected chi connectivity index (χ0v) is 12.6. The molecule has 0 aliphatic carbocycles. The van der Waals surface area contributed by atoms with Crippen LogP contribution in [-0.4, -0.2) is 47.0 Å². The first-order chi connectivity index (χ1) is 9.52. The summed E-state index contributed by atoms with van der Waals surface area (Å²) in [6, 6.07) is 5.80. The summed E-state index contributed by atoms with van der Waals surface area (Å²) in [5, 5.41) is 3.34. The molecule has 20 heavy (non-hydrogen) atoms. The Morgan fingerprint density at radius 3 is 2.90 bits per heavy atom. The van der Waals surface area contributed by atoms with Crippen LogP contribution in [0.25, 0.3) is 0 Å². The Hall–Kier alpha value is -1.27. The fourth-order valence-corrected chi connectivity index (χ4v) is 4.06. The van der Waals surface area contributed by atoms with Gasteiger partial charge in [-0.3, -0.25) is 0 Å². The van der Waals surface area contributed by atoms with Gasteiger partial charge in [0.25, 0.3) is 0 Å². The topological polar surface area (TPSA) is 58.6 Å². The molecule has 0 radical (unpaired) electrons. The lowest BCUT2D eigenvalue weighted by Crippen LogP contribution is -2.40. The molecule has 2 unspecified atom stereocenters. The van der Waals surface area contributed by atoms with E-state index < -0.39 is 9.84 Å². The minimum absolute atomic E-state index is 0.323. The molecule has 0 bridgehead atoms. The van der Waals surface area contributed by atoms with Gasteiger partial charge in [0, 0.05) is 25.3 Å². The maximum atomic E-state index is 12.0. The second-order valence-electron chi connectivity index (χ2n) is 5.45. The summed E-state index contributed by atoms with van der Waals surface area (Å²) < 4.78 is 29.5. The smallest absolute Gasteiger partial charge is 0.177 e. The van der Waals surface area contributed by atoms with Crippen LogP contribution in [-0.2, 0) is 14.6 Å². The van der Waals surface area contributed by atoms with Crippen LogP contribution in [0.1, 0.15) is 6.92 Å². The largest absolute Gasteiger partial charge is 0.382 e. The van der Waals surface area contributed by atoms with Crippen molar-refractivity contribution < 1.29 is 13.2 Å². The van der Waals surface area contributed by atoms with Crippen molar-refractivity contribution in [1.29, 1.82) is 0 Å². The van der Waals surface area contributed by atoms with Gasteiger partial charge in [-0.1, -0.05) is 6.07 Å². The minimum Gasteiger partial charge on any atom is -0.382 e. The SMILES string of the molecule is CCN1c2cccc(S(C)(=O)=O)c2NCC2COCC21. The number of para-hydroxylation sites is 1. The molecule has 0 spiro atoms. The van der Waals surface area contributed by atoms with E-state index in [1.165, 1.54) is 6.26 Å². The number of hydrogen-bond donors (Lipinski definition) is 1. The minimum atomic E-state index is -3.24. The molecule has 1 saturated heterocycles. The molecule has 6 heteroatoms. The molecule has 0 saturated carbocycles. The van der Waals surface area contributed by atoms with Crippen LogP contribution >= 0.6 is 0 Å². The highest BCUT2D eigenvalue weighted by molar-refractivity contribution is 7.90. The Bertz CT molecular complexity index is 615. The number of anilines is 2. The molecular formula is C14H20N2O3S. The van der Waals surface area contributed by atoms with Crippen LogP contribution in [0.4, 0.5) is 11.4 Å². The van der Waals surface area contributed by atoms with E-state index in [1.54, 1.807) is 6.07 Å². The number of sulfone groups is 1. The molecule has 1 N–H and O–H groups in total. The first-order valence-electron chi connectivity index (χ1n) is 6.93. The van der Waals surface area contributed by atoms with Crippen LogP contribution in [0, 0.1) is 5.92 Å². The lowest BCUT2D eigenvalue weighted by molar-refractivity contribution is 0.185. The molecule has 2 heterocycles. The molecule has 0 amide bonds. The van der Waals surface area contributed by atoms with Gasteiger partial charge in [0.15, 0.2) is 9.84 Å². The Labute approximate surface area is 119 Å². The van der Waals surface area contributed by atoms with E-state index in [2.05, 4.69) is 17.1 Å². The highest BCUT2D eigenvalue weighted by Gasteiger charge is 2.36. The Morgan fingerprint density at radius 1 is 1.40 bits per heavy atom. The predicted molar refractivity (Wildman–Crippen MR) is 79.2 cm³/mol. The Balaban J connectivity index is 2.14. The van der Waals surface area contributed by atoms with Gasteiger partial charge in [-0.15, -0.1) is 0 Å². The first-order valence-corrected chi connectivity index (χ1v) is 8.83. The van der Waals surface area contributed by atoms with Gasteiger partial charge in [0.05, 0.1) is 35.5 Å². The Morgan fingerprint density at radius 2 is 2.20 bits per heavy atom. The van der Waals surface area contributed by atoms with E-state index in [4.69, 9.17) is 4.74 Å². The fourth-order valence-electron chi connectivity index (χ4n) is 3.19. The third-order valence-electron chi connectivity index (χ3n) is 4.16. The van der Waals surface area contributed by atoms with Crippen molar-refractivity contribution >= 4 is 21.2 Å². The van der Waals surface area contributed by atoms with Gasteiger partial charge in [0.1, 0.15) is 0 Å². The van der Waals surface area contributed by atoms with E-state index in [-0.39, 0.29) is 0 Å². The first kappa shape index (κ1) is 13.7. The number of benzene rings is 1. The van der Waals surface area contributed by atoms with Crippen LogP contribution < -0.4 is 10.2 Å². The lowest BCUT2D eigenvalue weighted by atomic mass is 10.0. The Kier molecular flexibility index (Phi) is 3.38. The van der Waals surface area contributed by atoms with Crippen molar-refractivity contribution in [2.75, 3.05) is 42.8 Å². The van der Waals surface area contributed by atoms with Gasteiger partial charge in [-0.2, -0.15) is 0 Å². The molecule has 0 aromatic heterocycles. The standard InChI is InChI=1S/C14H20N2O3S/c1-3-16-11-5-4-6-13(20(2,17)18)14(11)15-7-10-8-19-9-12(10)16/h4-6,10,12,15H,3,7-9H2,1-2H3. The summed E-state index contributed by atoms with van der Waals surface area (Å²) in [4.78, 5) is 2.65. The van der Waals surface area contributed by atoms with E-state index in [9.17, 15) is 8.42 Å². The molecule has 3 rings (SSSR count). The molecule has 1 fully saturated rings. The average molecular weight is 296 g/mol. The maximum Gasteiger partial charge on any atom is 0.177 e. The van der Waals surface area contributed by atoms with Crippen LogP contribution in [0.15, 0.2) is 23.1 Å². The third-order valence-corrected chi connectivity index (χ3v) is 5.30. The summed E-state index contributed by atoms with van der Waals surface area (Å²) in [5.74, 6) is 0.398. The molecular weight excluding hydrogens is 276 g/mol. The van der Waals surface area contributed by atoms with Crippen molar-refractivity contribution in [2.24, 2.45) is 5.92 Å². The molecule has 110 valence electrons. The van der Waals surface area contributed by atoms with Crippen molar-refractivity contribution in [3.05, 3.63) is 18.2 Å². The van der Waals surface area contributed by atoms with Gasteiger partial charge in [-0.05, 0) is 19.1 Å². The number of nitrogens with one attached hydrogen (secondary N) is 1. The molecule has 5 nitrogen and oxygen atoms in total. The fraction of sp³-hybridized carbons (Fsp3) is 0.571. The van der Waals surface area contributed by atoms with Crippen molar-refractivity contribution in [3.8, 4) is 0 Å². The summed E-state index contributed by atoms with van der Waals surface area (Å²) in [7, 11) is -3.24. The summed E-state index contributed by atoms with van der Waals surface area (Å²) in [5.41, 5.74) is 1.71. The summed E-state index contributed by atoms with van der Waals surface area (Å²) in [6.07, 6.45) is 1.26. The molecule has 1 aromatic carbocycles. The zero-order chi connectivity index (χ0) is 14.3. The number of rotatable bonds is 2. The molecule has 2 atom stereocenters. The van der Waals surface area contributed by atoms with Crippen molar-refractivity contribution in [2.45, 2.75) is 17.9 Å². The van der Waals surface area contributed by atoms with E-state index in [0.717, 1.165) is 31.1 Å². The summed E-state index contributed by atoms with van der Waals surface area (Å²) >= 11 is 0. The van der Waals surface area contributed by atoms with Gasteiger partial charge in [0.2, 0.25) is 0 Å². The van der Waals surface area contributed by atoms with Gasteiger partial charge < -0.3 is 15.0 Å². The number of nitrogens with zero attached hydrogens (tertiary/aromatic N) is 1. The lowest BCUT2D eigenvalue weighted by Gasteiger charge is -2.31. The van der Waals surface area contributed by atoms with Gasteiger partial charge >= 0.3 is 0 Å². The van der Waals surface area contributed by atoms with Crippen molar-refractivity contribution in [1.82, 2.24) is 0 Å². The van der Waals surface area contributed by atoms with E-state index in [0.29, 0.717) is 23.5 Å². The normalized spacial score (nSPS) is 25.6. The number of ether oxygens (including phenoxy) is 1. The van der Waals surface area contributed by atoms with Crippen LogP contribution in [0.5, 0.6) is 0 Å². The monoisotopic (exact) mass is 296 g/mol. The molecule has 2 aliphatic heterocycles. The zero-order valence-electron chi connectivity index (χ0n) is 11.8. The second-order valence-corrected chi connectivity index (χ2v) is 7.44. The number of likely N-dealkylation sites (N-methyl/N-ethyl adjacent to an activating group) is 1. The van der Waals surface area contributed by atoms with Gasteiger partial charge in [-0.25, -0.2) is 8.42 Å². The van der Waals surface area contributed by atoms with Crippen molar-refractivity contribution in [3.63, 3.8) is 0 Å². The number of fused-ring (bicyclic) bond motifs is 2. The van der Waals surface area contributed by atoms with Crippen LogP contribution in [0.3, 0.4) is 0 Å². The third kappa shape index (κ3) is 2.16. The highest BCUT2D eigenvalue weighted by atomic mass is 32.2. The quantitative estimate of drug-likeness (QED) is 0.893. The molecule has 1 aromatic rings. The molecule has 2 aliphatic rings. The average Bonchev–Trinajstić information content (AvgIpc) is 2.79. The highest BCUT2D eigenvalue weighted by Crippen LogP contribution is 2.38. The van der Waals surface area contributed by atoms with E-state index >= 15 is 0 Å². The second kappa shape index (κ2) is 4.93. The predicted octanol–water partition coefficient (Wildman–Crippen LogP) is 1.36. The van der Waals surface area contributed by atoms with E-state index in [1.807, 2.05) is 12.1 Å². The summed E-state index contributed by atoms with van der Waals surface area (Å²) in [6.45, 7) is 5.13. The number of hydrogen-bond acceptors (Lipinski definition) is 5. The van der Waals surface area contributed by atoms with Crippen LogP contribution in [0.2, 0.25) is 0 Å².